The largest absolute Gasteiger partial charge is 0.341 e. The molecule has 1 fully saturated rings. The monoisotopic (exact) mass is 340 g/mol. The Morgan fingerprint density at radius 3 is 3.04 bits per heavy atom. The highest BCUT2D eigenvalue weighted by atomic mass is 32.1. The number of fused-ring (bicyclic) bond motifs is 1. The molecule has 0 aliphatic carbocycles. The van der Waals surface area contributed by atoms with E-state index in [1.54, 1.807) is 17.5 Å². The van der Waals surface area contributed by atoms with Gasteiger partial charge >= 0.3 is 0 Å². The number of nitrogens with zero attached hydrogens (tertiary/aromatic N) is 4. The lowest BCUT2D eigenvalue weighted by molar-refractivity contribution is -0.132. The van der Waals surface area contributed by atoms with Crippen molar-refractivity contribution in [2.45, 2.75) is 31.7 Å². The van der Waals surface area contributed by atoms with Gasteiger partial charge < -0.3 is 4.90 Å². The van der Waals surface area contributed by atoms with Crippen molar-refractivity contribution in [1.82, 2.24) is 19.7 Å². The quantitative estimate of drug-likeness (QED) is 0.732. The number of carbonyl (C=O) groups excluding carboxylic acids is 1. The summed E-state index contributed by atoms with van der Waals surface area (Å²) < 4.78 is 3.17. The number of piperidine rings is 1. The van der Waals surface area contributed by atoms with Gasteiger partial charge in [0.15, 0.2) is 0 Å². The summed E-state index contributed by atoms with van der Waals surface area (Å²) in [6.45, 7) is 1.62. The zero-order chi connectivity index (χ0) is 16.4. The average molecular weight is 340 g/mol. The molecule has 0 bridgehead atoms. The normalized spacial score (nSPS) is 18.2. The molecule has 0 N–H and O–H groups in total. The Morgan fingerprint density at radius 2 is 2.21 bits per heavy atom. The number of benzene rings is 1. The third-order valence-electron chi connectivity index (χ3n) is 4.54. The van der Waals surface area contributed by atoms with E-state index in [2.05, 4.69) is 16.1 Å². The predicted molar refractivity (Wildman–Crippen MR) is 95.0 cm³/mol. The maximum Gasteiger partial charge on any atom is 0.223 e. The lowest BCUT2D eigenvalue weighted by Gasteiger charge is -2.33. The molecule has 4 rings (SSSR count). The van der Waals surface area contributed by atoms with Gasteiger partial charge in [-0.1, -0.05) is 12.1 Å². The van der Waals surface area contributed by atoms with E-state index in [0.29, 0.717) is 12.5 Å². The van der Waals surface area contributed by atoms with E-state index < -0.39 is 0 Å². The van der Waals surface area contributed by atoms with Gasteiger partial charge in [-0.3, -0.25) is 9.48 Å². The van der Waals surface area contributed by atoms with Crippen molar-refractivity contribution >= 4 is 27.5 Å². The topological polar surface area (TPSA) is 51.0 Å². The Labute approximate surface area is 144 Å². The number of aromatic nitrogens is 3. The molecule has 124 valence electrons. The predicted octanol–water partition coefficient (Wildman–Crippen LogP) is 3.29. The summed E-state index contributed by atoms with van der Waals surface area (Å²) in [5, 5.41) is 5.37. The second-order valence-electron chi connectivity index (χ2n) is 6.20. The summed E-state index contributed by atoms with van der Waals surface area (Å²) in [5.74, 6) is 0.228. The van der Waals surface area contributed by atoms with Crippen molar-refractivity contribution in [2.24, 2.45) is 0 Å². The maximum atomic E-state index is 12.6. The van der Waals surface area contributed by atoms with Crippen molar-refractivity contribution in [3.8, 4) is 0 Å². The SMILES string of the molecule is O=C(CCc1nc2ccccc2s1)N1CCC[C@H](n2cccn2)C1. The standard InChI is InChI=1S/C18H20N4OS/c23-18(9-8-17-20-15-6-1-2-7-16(15)24-17)21-11-3-5-14(13-21)22-12-4-10-19-22/h1-2,4,6-7,10,12,14H,3,5,8-9,11,13H2/t14-/m0/s1. The zero-order valence-electron chi connectivity index (χ0n) is 13.5. The summed E-state index contributed by atoms with van der Waals surface area (Å²) in [4.78, 5) is 19.2. The summed E-state index contributed by atoms with van der Waals surface area (Å²) in [6, 6.07) is 10.4. The van der Waals surface area contributed by atoms with Crippen LogP contribution in [0.1, 0.15) is 30.3 Å². The molecule has 24 heavy (non-hydrogen) atoms. The maximum absolute atomic E-state index is 12.6. The van der Waals surface area contributed by atoms with Crippen molar-refractivity contribution in [3.05, 3.63) is 47.7 Å². The van der Waals surface area contributed by atoms with E-state index in [4.69, 9.17) is 0 Å². The number of hydrogen-bond acceptors (Lipinski definition) is 4. The second-order valence-corrected chi connectivity index (χ2v) is 7.31. The number of likely N-dealkylation sites (tertiary alicyclic amines) is 1. The molecule has 1 saturated heterocycles. The van der Waals surface area contributed by atoms with Crippen LogP contribution in [0.4, 0.5) is 0 Å². The van der Waals surface area contributed by atoms with Gasteiger partial charge in [0.05, 0.1) is 21.3 Å². The Balaban J connectivity index is 1.37. The van der Waals surface area contributed by atoms with Crippen LogP contribution in [0.3, 0.4) is 0 Å². The van der Waals surface area contributed by atoms with Crippen molar-refractivity contribution in [3.63, 3.8) is 0 Å². The zero-order valence-corrected chi connectivity index (χ0v) is 14.3. The van der Waals surface area contributed by atoms with Crippen LogP contribution in [0.25, 0.3) is 10.2 Å². The van der Waals surface area contributed by atoms with Crippen LogP contribution in [0.2, 0.25) is 0 Å². The van der Waals surface area contributed by atoms with Gasteiger partial charge in [-0.2, -0.15) is 5.10 Å². The molecule has 5 nitrogen and oxygen atoms in total. The fraction of sp³-hybridized carbons (Fsp3) is 0.389. The van der Waals surface area contributed by atoms with Crippen molar-refractivity contribution < 1.29 is 4.79 Å². The van der Waals surface area contributed by atoms with Crippen LogP contribution in [0.15, 0.2) is 42.7 Å². The molecule has 0 unspecified atom stereocenters. The molecule has 1 amide bonds. The van der Waals surface area contributed by atoms with Crippen molar-refractivity contribution in [2.75, 3.05) is 13.1 Å². The first-order valence-electron chi connectivity index (χ1n) is 8.41. The molecule has 3 aromatic rings. The van der Waals surface area contributed by atoms with E-state index >= 15 is 0 Å². The number of rotatable bonds is 4. The number of hydrogen-bond donors (Lipinski definition) is 0. The first kappa shape index (κ1) is 15.3. The fourth-order valence-corrected chi connectivity index (χ4v) is 4.26. The van der Waals surface area contributed by atoms with E-state index in [1.165, 1.54) is 4.70 Å². The molecule has 0 saturated carbocycles. The Morgan fingerprint density at radius 1 is 1.29 bits per heavy atom. The molecule has 3 heterocycles. The van der Waals surface area contributed by atoms with Crippen LogP contribution in [-0.4, -0.2) is 38.7 Å². The van der Waals surface area contributed by atoms with E-state index in [9.17, 15) is 4.79 Å². The Hall–Kier alpha value is -2.21. The van der Waals surface area contributed by atoms with Gasteiger partial charge in [0.25, 0.3) is 0 Å². The number of thiazole rings is 1. The van der Waals surface area contributed by atoms with Gasteiger partial charge in [-0.25, -0.2) is 4.98 Å². The van der Waals surface area contributed by atoms with Crippen LogP contribution < -0.4 is 0 Å². The molecular formula is C18H20N4OS. The Kier molecular flexibility index (Phi) is 4.30. The average Bonchev–Trinajstić information content (AvgIpc) is 3.29. The number of aryl methyl sites for hydroxylation is 1. The minimum absolute atomic E-state index is 0.228. The summed E-state index contributed by atoms with van der Waals surface area (Å²) in [5.41, 5.74) is 1.03. The van der Waals surface area contributed by atoms with Gasteiger partial charge in [0, 0.05) is 38.3 Å². The smallest absolute Gasteiger partial charge is 0.223 e. The summed E-state index contributed by atoms with van der Waals surface area (Å²) in [7, 11) is 0. The molecular weight excluding hydrogens is 320 g/mol. The number of para-hydroxylation sites is 1. The van der Waals surface area contributed by atoms with Crippen LogP contribution in [-0.2, 0) is 11.2 Å². The van der Waals surface area contributed by atoms with E-state index in [1.807, 2.05) is 40.0 Å². The van der Waals surface area contributed by atoms with Gasteiger partial charge in [-0.15, -0.1) is 11.3 Å². The number of carbonyl (C=O) groups is 1. The van der Waals surface area contributed by atoms with Crippen molar-refractivity contribution in [1.29, 1.82) is 0 Å². The molecule has 1 atom stereocenters. The third-order valence-corrected chi connectivity index (χ3v) is 5.64. The minimum Gasteiger partial charge on any atom is -0.341 e. The molecule has 1 aromatic carbocycles. The fourth-order valence-electron chi connectivity index (χ4n) is 3.29. The van der Waals surface area contributed by atoms with Crippen LogP contribution in [0.5, 0.6) is 0 Å². The van der Waals surface area contributed by atoms with E-state index in [-0.39, 0.29) is 5.91 Å². The van der Waals surface area contributed by atoms with E-state index in [0.717, 1.165) is 42.9 Å². The first-order valence-corrected chi connectivity index (χ1v) is 9.22. The van der Waals surface area contributed by atoms with Crippen LogP contribution in [0, 0.1) is 0 Å². The molecule has 1 aliphatic heterocycles. The minimum atomic E-state index is 0.228. The second kappa shape index (κ2) is 6.73. The molecule has 0 spiro atoms. The molecule has 6 heteroatoms. The highest BCUT2D eigenvalue weighted by Gasteiger charge is 2.24. The Bertz CT molecular complexity index is 794. The van der Waals surface area contributed by atoms with Crippen LogP contribution >= 0.6 is 11.3 Å². The highest BCUT2D eigenvalue weighted by molar-refractivity contribution is 7.18. The first-order chi connectivity index (χ1) is 11.8. The number of amides is 1. The van der Waals surface area contributed by atoms with Gasteiger partial charge in [0.2, 0.25) is 5.91 Å². The molecule has 1 aliphatic rings. The lowest BCUT2D eigenvalue weighted by atomic mass is 10.1. The lowest BCUT2D eigenvalue weighted by Crippen LogP contribution is -2.40. The summed E-state index contributed by atoms with van der Waals surface area (Å²) in [6.07, 6.45) is 7.17. The van der Waals surface area contributed by atoms with Gasteiger partial charge in [0.1, 0.15) is 0 Å². The summed E-state index contributed by atoms with van der Waals surface area (Å²) >= 11 is 1.69. The molecule has 0 radical (unpaired) electrons. The third kappa shape index (κ3) is 3.19. The molecule has 2 aromatic heterocycles. The van der Waals surface area contributed by atoms with Gasteiger partial charge in [-0.05, 0) is 31.0 Å². The highest BCUT2D eigenvalue weighted by Crippen LogP contribution is 2.24.